The molecular formula is C21H23N5O2S. The first kappa shape index (κ1) is 20.7. The molecule has 2 atom stereocenters. The summed E-state index contributed by atoms with van der Waals surface area (Å²) in [5, 5.41) is 21.0. The highest BCUT2D eigenvalue weighted by atomic mass is 32.2. The molecule has 0 radical (unpaired) electrons. The van der Waals surface area contributed by atoms with Gasteiger partial charge in [-0.15, -0.1) is 10.2 Å². The van der Waals surface area contributed by atoms with Crippen molar-refractivity contribution in [1.82, 2.24) is 20.1 Å². The molecule has 2 heterocycles. The van der Waals surface area contributed by atoms with Gasteiger partial charge in [0.2, 0.25) is 11.7 Å². The SMILES string of the molecule is CC(Sc1nnc(-c2ccco2)n1-c1ccccc1)C(=O)NC(C)(C#N)C(C)C. The summed E-state index contributed by atoms with van der Waals surface area (Å²) in [4.78, 5) is 12.8. The highest BCUT2D eigenvalue weighted by molar-refractivity contribution is 8.00. The van der Waals surface area contributed by atoms with Crippen molar-refractivity contribution in [2.24, 2.45) is 5.92 Å². The van der Waals surface area contributed by atoms with Crippen molar-refractivity contribution in [3.05, 3.63) is 48.7 Å². The first-order valence-corrected chi connectivity index (χ1v) is 10.2. The summed E-state index contributed by atoms with van der Waals surface area (Å²) in [5.41, 5.74) is -0.0683. The fourth-order valence-electron chi connectivity index (χ4n) is 2.59. The number of benzene rings is 1. The molecule has 1 aromatic carbocycles. The Kier molecular flexibility index (Phi) is 6.09. The van der Waals surface area contributed by atoms with Crippen LogP contribution in [-0.2, 0) is 4.79 Å². The second-order valence-electron chi connectivity index (χ2n) is 7.17. The summed E-state index contributed by atoms with van der Waals surface area (Å²) in [5.74, 6) is 0.893. The standard InChI is InChI=1S/C21H23N5O2S/c1-14(2)21(4,13-22)23-19(27)15(3)29-20-25-24-18(17-11-8-12-28-17)26(20)16-9-6-5-7-10-16/h5-12,14-15H,1-4H3,(H,23,27). The number of nitrogens with one attached hydrogen (secondary N) is 1. The number of hydrogen-bond donors (Lipinski definition) is 1. The lowest BCUT2D eigenvalue weighted by atomic mass is 9.90. The third-order valence-corrected chi connectivity index (χ3v) is 5.85. The molecule has 0 saturated carbocycles. The van der Waals surface area contributed by atoms with E-state index in [4.69, 9.17) is 4.42 Å². The van der Waals surface area contributed by atoms with Crippen molar-refractivity contribution in [2.45, 2.75) is 43.6 Å². The van der Waals surface area contributed by atoms with E-state index in [0.717, 1.165) is 5.69 Å². The molecule has 7 nitrogen and oxygen atoms in total. The topological polar surface area (TPSA) is 96.7 Å². The van der Waals surface area contributed by atoms with Crippen LogP contribution in [0.1, 0.15) is 27.7 Å². The van der Waals surface area contributed by atoms with Gasteiger partial charge in [0, 0.05) is 5.69 Å². The molecule has 2 unspecified atom stereocenters. The molecule has 150 valence electrons. The Morgan fingerprint density at radius 2 is 1.93 bits per heavy atom. The fraction of sp³-hybridized carbons (Fsp3) is 0.333. The van der Waals surface area contributed by atoms with Crippen LogP contribution in [0.2, 0.25) is 0 Å². The number of para-hydroxylation sites is 1. The molecular weight excluding hydrogens is 386 g/mol. The Hall–Kier alpha value is -3.05. The van der Waals surface area contributed by atoms with Crippen LogP contribution in [0.4, 0.5) is 0 Å². The highest BCUT2D eigenvalue weighted by Crippen LogP contribution is 2.30. The Balaban J connectivity index is 1.90. The second kappa shape index (κ2) is 8.53. The summed E-state index contributed by atoms with van der Waals surface area (Å²) in [6.45, 7) is 7.33. The number of rotatable bonds is 7. The predicted molar refractivity (Wildman–Crippen MR) is 111 cm³/mol. The molecule has 0 aliphatic rings. The molecule has 3 aromatic rings. The molecule has 0 fully saturated rings. The number of furan rings is 1. The maximum Gasteiger partial charge on any atom is 0.234 e. The Morgan fingerprint density at radius 1 is 1.21 bits per heavy atom. The quantitative estimate of drug-likeness (QED) is 0.591. The first-order valence-electron chi connectivity index (χ1n) is 9.30. The van der Waals surface area contributed by atoms with Gasteiger partial charge in [-0.05, 0) is 44.0 Å². The van der Waals surface area contributed by atoms with Gasteiger partial charge in [-0.1, -0.05) is 43.8 Å². The number of thioether (sulfide) groups is 1. The lowest BCUT2D eigenvalue weighted by Crippen LogP contribution is -2.51. The third kappa shape index (κ3) is 4.35. The molecule has 3 rings (SSSR count). The first-order chi connectivity index (χ1) is 13.9. The molecule has 0 bridgehead atoms. The summed E-state index contributed by atoms with van der Waals surface area (Å²) in [6, 6.07) is 15.5. The number of aromatic nitrogens is 3. The van der Waals surface area contributed by atoms with Crippen LogP contribution < -0.4 is 5.32 Å². The smallest absolute Gasteiger partial charge is 0.234 e. The average Bonchev–Trinajstić information content (AvgIpc) is 3.38. The number of nitriles is 1. The Labute approximate surface area is 174 Å². The fourth-order valence-corrected chi connectivity index (χ4v) is 3.46. The van der Waals surface area contributed by atoms with E-state index >= 15 is 0 Å². The van der Waals surface area contributed by atoms with Gasteiger partial charge in [0.05, 0.1) is 17.6 Å². The third-order valence-electron chi connectivity index (χ3n) is 4.81. The van der Waals surface area contributed by atoms with Crippen molar-refractivity contribution in [1.29, 1.82) is 5.26 Å². The lowest BCUT2D eigenvalue weighted by molar-refractivity contribution is -0.121. The Bertz CT molecular complexity index is 1010. The van der Waals surface area contributed by atoms with Crippen molar-refractivity contribution in [2.75, 3.05) is 0 Å². The minimum atomic E-state index is -0.932. The van der Waals surface area contributed by atoms with Crippen LogP contribution in [0, 0.1) is 17.2 Å². The van der Waals surface area contributed by atoms with Crippen molar-refractivity contribution in [3.8, 4) is 23.3 Å². The van der Waals surface area contributed by atoms with Crippen LogP contribution in [-0.4, -0.2) is 31.5 Å². The van der Waals surface area contributed by atoms with E-state index in [2.05, 4.69) is 21.6 Å². The zero-order chi connectivity index (χ0) is 21.0. The number of carbonyl (C=O) groups excluding carboxylic acids is 1. The molecule has 1 N–H and O–H groups in total. The molecule has 0 spiro atoms. The highest BCUT2D eigenvalue weighted by Gasteiger charge is 2.32. The minimum Gasteiger partial charge on any atom is -0.461 e. The number of amides is 1. The summed E-state index contributed by atoms with van der Waals surface area (Å²) < 4.78 is 7.37. The normalized spacial score (nSPS) is 14.2. The number of nitrogens with zero attached hydrogens (tertiary/aromatic N) is 4. The van der Waals surface area contributed by atoms with Gasteiger partial charge in [0.1, 0.15) is 5.54 Å². The van der Waals surface area contributed by atoms with E-state index in [1.165, 1.54) is 11.8 Å². The van der Waals surface area contributed by atoms with Gasteiger partial charge < -0.3 is 9.73 Å². The summed E-state index contributed by atoms with van der Waals surface area (Å²) in [7, 11) is 0. The van der Waals surface area contributed by atoms with Crippen LogP contribution in [0.25, 0.3) is 17.3 Å². The number of hydrogen-bond acceptors (Lipinski definition) is 6. The van der Waals surface area contributed by atoms with Crippen LogP contribution >= 0.6 is 11.8 Å². The monoisotopic (exact) mass is 409 g/mol. The Morgan fingerprint density at radius 3 is 2.52 bits per heavy atom. The van der Waals surface area contributed by atoms with Gasteiger partial charge in [0.15, 0.2) is 10.9 Å². The van der Waals surface area contributed by atoms with Crippen molar-refractivity contribution >= 4 is 17.7 Å². The van der Waals surface area contributed by atoms with E-state index in [-0.39, 0.29) is 11.8 Å². The molecule has 0 aliphatic heterocycles. The maximum absolute atomic E-state index is 12.8. The maximum atomic E-state index is 12.8. The molecule has 29 heavy (non-hydrogen) atoms. The van der Waals surface area contributed by atoms with Gasteiger partial charge in [-0.3, -0.25) is 9.36 Å². The van der Waals surface area contributed by atoms with E-state index in [1.807, 2.05) is 54.8 Å². The van der Waals surface area contributed by atoms with Crippen molar-refractivity contribution < 1.29 is 9.21 Å². The van der Waals surface area contributed by atoms with Gasteiger partial charge in [-0.25, -0.2) is 0 Å². The van der Waals surface area contributed by atoms with E-state index < -0.39 is 10.8 Å². The van der Waals surface area contributed by atoms with Gasteiger partial charge in [0.25, 0.3) is 0 Å². The summed E-state index contributed by atoms with van der Waals surface area (Å²) in [6.07, 6.45) is 1.58. The molecule has 0 saturated heterocycles. The second-order valence-corrected chi connectivity index (χ2v) is 8.48. The average molecular weight is 410 g/mol. The minimum absolute atomic E-state index is 0.0211. The summed E-state index contributed by atoms with van der Waals surface area (Å²) >= 11 is 1.28. The van der Waals surface area contributed by atoms with Crippen LogP contribution in [0.15, 0.2) is 58.3 Å². The van der Waals surface area contributed by atoms with Crippen LogP contribution in [0.3, 0.4) is 0 Å². The van der Waals surface area contributed by atoms with Crippen molar-refractivity contribution in [3.63, 3.8) is 0 Å². The zero-order valence-corrected chi connectivity index (χ0v) is 17.6. The molecule has 0 aliphatic carbocycles. The van der Waals surface area contributed by atoms with Gasteiger partial charge >= 0.3 is 0 Å². The molecule has 8 heteroatoms. The largest absolute Gasteiger partial charge is 0.461 e. The van der Waals surface area contributed by atoms with Gasteiger partial charge in [-0.2, -0.15) is 5.26 Å². The van der Waals surface area contributed by atoms with Crippen LogP contribution in [0.5, 0.6) is 0 Å². The number of carbonyl (C=O) groups is 1. The predicted octanol–water partition coefficient (Wildman–Crippen LogP) is 4.06. The molecule has 1 amide bonds. The van der Waals surface area contributed by atoms with E-state index in [9.17, 15) is 10.1 Å². The molecule has 2 aromatic heterocycles. The lowest BCUT2D eigenvalue weighted by Gasteiger charge is -2.28. The zero-order valence-electron chi connectivity index (χ0n) is 16.8. The van der Waals surface area contributed by atoms with E-state index in [1.54, 1.807) is 26.2 Å². The van der Waals surface area contributed by atoms with E-state index in [0.29, 0.717) is 16.7 Å².